The van der Waals surface area contributed by atoms with Gasteiger partial charge in [0.25, 0.3) is 0 Å². The van der Waals surface area contributed by atoms with Crippen molar-refractivity contribution in [3.63, 3.8) is 0 Å². The Labute approximate surface area is 117 Å². The third-order valence-corrected chi connectivity index (χ3v) is 3.67. The van der Waals surface area contributed by atoms with Gasteiger partial charge >= 0.3 is 0 Å². The molecule has 0 aliphatic carbocycles. The lowest BCUT2D eigenvalue weighted by Crippen LogP contribution is -2.36. The fourth-order valence-electron chi connectivity index (χ4n) is 2.22. The topological polar surface area (TPSA) is 51.6 Å². The van der Waals surface area contributed by atoms with Crippen LogP contribution in [0.4, 0.5) is 0 Å². The average molecular weight is 317 g/mol. The fourth-order valence-corrected chi connectivity index (χ4v) is 2.56. The second-order valence-electron chi connectivity index (χ2n) is 4.69. The first-order valence-corrected chi connectivity index (χ1v) is 7.35. The van der Waals surface area contributed by atoms with E-state index in [9.17, 15) is 0 Å². The van der Waals surface area contributed by atoms with Crippen LogP contribution in [0.1, 0.15) is 25.0 Å². The van der Waals surface area contributed by atoms with Crippen molar-refractivity contribution in [1.29, 1.82) is 0 Å². The summed E-state index contributed by atoms with van der Waals surface area (Å²) >= 11 is 3.33. The molecule has 1 fully saturated rings. The van der Waals surface area contributed by atoms with Gasteiger partial charge in [0.05, 0.1) is 12.6 Å². The van der Waals surface area contributed by atoms with Gasteiger partial charge in [-0.1, -0.05) is 0 Å². The molecule has 2 N–H and O–H groups in total. The number of hydrogen-bond donors (Lipinski definition) is 1. The van der Waals surface area contributed by atoms with E-state index >= 15 is 0 Å². The van der Waals surface area contributed by atoms with Crippen molar-refractivity contribution in [2.24, 2.45) is 5.73 Å². The van der Waals surface area contributed by atoms with Gasteiger partial charge in [0.15, 0.2) is 4.67 Å². The summed E-state index contributed by atoms with van der Waals surface area (Å²) in [5.41, 5.74) is 5.45. The number of furan rings is 1. The van der Waals surface area contributed by atoms with Crippen LogP contribution in [0, 0.1) is 0 Å². The van der Waals surface area contributed by atoms with Gasteiger partial charge in [-0.3, -0.25) is 4.90 Å². The lowest BCUT2D eigenvalue weighted by atomic mass is 10.1. The van der Waals surface area contributed by atoms with Crippen LogP contribution in [0.25, 0.3) is 0 Å². The normalized spacial score (nSPS) is 18.3. The monoisotopic (exact) mass is 316 g/mol. The van der Waals surface area contributed by atoms with E-state index in [1.165, 1.54) is 0 Å². The predicted molar refractivity (Wildman–Crippen MR) is 74.3 cm³/mol. The highest BCUT2D eigenvalue weighted by molar-refractivity contribution is 9.10. The predicted octanol–water partition coefficient (Wildman–Crippen LogP) is 2.37. The number of hydrogen-bond acceptors (Lipinski definition) is 4. The molecule has 1 saturated heterocycles. The van der Waals surface area contributed by atoms with Crippen molar-refractivity contribution < 1.29 is 9.15 Å². The molecule has 1 aliphatic rings. The van der Waals surface area contributed by atoms with Crippen LogP contribution in [-0.4, -0.2) is 37.2 Å². The number of piperidine rings is 1. The molecule has 1 aromatic rings. The SMILES string of the molecule is NCCCOC1CCN(Cc2ccc(Br)o2)CC1. The summed E-state index contributed by atoms with van der Waals surface area (Å²) in [4.78, 5) is 2.41. The molecule has 0 saturated carbocycles. The van der Waals surface area contributed by atoms with E-state index < -0.39 is 0 Å². The van der Waals surface area contributed by atoms with Crippen LogP contribution in [0.2, 0.25) is 0 Å². The standard InChI is InChI=1S/C13H21BrN2O2/c14-13-3-2-12(18-13)10-16-7-4-11(5-8-16)17-9-1-6-15/h2-3,11H,1,4-10,15H2. The minimum atomic E-state index is 0.413. The van der Waals surface area contributed by atoms with E-state index in [1.807, 2.05) is 12.1 Å². The van der Waals surface area contributed by atoms with Gasteiger partial charge in [0, 0.05) is 19.7 Å². The van der Waals surface area contributed by atoms with Crippen LogP contribution in [0.15, 0.2) is 21.2 Å². The van der Waals surface area contributed by atoms with E-state index in [1.54, 1.807) is 0 Å². The number of nitrogens with two attached hydrogens (primary N) is 1. The van der Waals surface area contributed by atoms with Crippen molar-refractivity contribution in [3.05, 3.63) is 22.6 Å². The van der Waals surface area contributed by atoms with Crippen molar-refractivity contribution in [2.45, 2.75) is 31.9 Å². The molecule has 2 rings (SSSR count). The fraction of sp³-hybridized carbons (Fsp3) is 0.692. The minimum Gasteiger partial charge on any atom is -0.453 e. The number of rotatable bonds is 6. The highest BCUT2D eigenvalue weighted by Gasteiger charge is 2.20. The smallest absolute Gasteiger partial charge is 0.169 e. The summed E-state index contributed by atoms with van der Waals surface area (Å²) in [7, 11) is 0. The lowest BCUT2D eigenvalue weighted by Gasteiger charge is -2.31. The van der Waals surface area contributed by atoms with Crippen LogP contribution in [-0.2, 0) is 11.3 Å². The van der Waals surface area contributed by atoms with Gasteiger partial charge in [-0.2, -0.15) is 0 Å². The first kappa shape index (κ1) is 14.1. The maximum atomic E-state index is 5.79. The summed E-state index contributed by atoms with van der Waals surface area (Å²) < 4.78 is 12.1. The maximum absolute atomic E-state index is 5.79. The zero-order valence-corrected chi connectivity index (χ0v) is 12.2. The Bertz CT molecular complexity index is 349. The molecule has 0 unspecified atom stereocenters. The molecule has 0 spiro atoms. The molecule has 1 aliphatic heterocycles. The van der Waals surface area contributed by atoms with Crippen molar-refractivity contribution >= 4 is 15.9 Å². The Morgan fingerprint density at radius 3 is 2.78 bits per heavy atom. The Kier molecular flexibility index (Phi) is 5.69. The number of ether oxygens (including phenoxy) is 1. The first-order chi connectivity index (χ1) is 8.78. The van der Waals surface area contributed by atoms with Crippen molar-refractivity contribution in [1.82, 2.24) is 4.90 Å². The summed E-state index contributed by atoms with van der Waals surface area (Å²) in [6, 6.07) is 3.96. The summed E-state index contributed by atoms with van der Waals surface area (Å²) in [5, 5.41) is 0. The van der Waals surface area contributed by atoms with Gasteiger partial charge in [-0.05, 0) is 53.9 Å². The van der Waals surface area contributed by atoms with E-state index in [2.05, 4.69) is 20.8 Å². The number of halogens is 1. The molecule has 5 heteroatoms. The minimum absolute atomic E-state index is 0.413. The average Bonchev–Trinajstić information content (AvgIpc) is 2.77. The zero-order valence-electron chi connectivity index (χ0n) is 10.6. The Hall–Kier alpha value is -0.360. The van der Waals surface area contributed by atoms with Crippen LogP contribution < -0.4 is 5.73 Å². The largest absolute Gasteiger partial charge is 0.453 e. The van der Waals surface area contributed by atoms with Gasteiger partial charge in [-0.25, -0.2) is 0 Å². The van der Waals surface area contributed by atoms with Crippen LogP contribution in [0.3, 0.4) is 0 Å². The highest BCUT2D eigenvalue weighted by Crippen LogP contribution is 2.19. The van der Waals surface area contributed by atoms with Crippen LogP contribution >= 0.6 is 15.9 Å². The highest BCUT2D eigenvalue weighted by atomic mass is 79.9. The van der Waals surface area contributed by atoms with Gasteiger partial charge in [0.2, 0.25) is 0 Å². The molecule has 4 nitrogen and oxygen atoms in total. The molecule has 0 bridgehead atoms. The summed E-state index contributed by atoms with van der Waals surface area (Å²) in [6.07, 6.45) is 3.58. The molecule has 0 radical (unpaired) electrons. The second-order valence-corrected chi connectivity index (χ2v) is 5.48. The first-order valence-electron chi connectivity index (χ1n) is 6.56. The Balaban J connectivity index is 1.67. The molecule has 1 aromatic heterocycles. The van der Waals surface area contributed by atoms with E-state index in [0.29, 0.717) is 12.6 Å². The van der Waals surface area contributed by atoms with E-state index in [0.717, 1.165) is 55.9 Å². The molecule has 0 amide bonds. The molecule has 0 aromatic carbocycles. The zero-order chi connectivity index (χ0) is 12.8. The van der Waals surface area contributed by atoms with Gasteiger partial charge < -0.3 is 14.9 Å². The lowest BCUT2D eigenvalue weighted by molar-refractivity contribution is 0.00441. The van der Waals surface area contributed by atoms with Crippen LogP contribution in [0.5, 0.6) is 0 Å². The van der Waals surface area contributed by atoms with E-state index in [4.69, 9.17) is 14.9 Å². The second kappa shape index (κ2) is 7.28. The third kappa shape index (κ3) is 4.39. The van der Waals surface area contributed by atoms with Crippen molar-refractivity contribution in [3.8, 4) is 0 Å². The van der Waals surface area contributed by atoms with E-state index in [-0.39, 0.29) is 0 Å². The molecular weight excluding hydrogens is 296 g/mol. The maximum Gasteiger partial charge on any atom is 0.169 e. The summed E-state index contributed by atoms with van der Waals surface area (Å²) in [6.45, 7) is 4.55. The Morgan fingerprint density at radius 1 is 1.39 bits per heavy atom. The molecule has 102 valence electrons. The molecular formula is C13H21BrN2O2. The van der Waals surface area contributed by atoms with Gasteiger partial charge in [-0.15, -0.1) is 0 Å². The van der Waals surface area contributed by atoms with Gasteiger partial charge in [0.1, 0.15) is 5.76 Å². The number of nitrogens with zero attached hydrogens (tertiary/aromatic N) is 1. The molecule has 2 heterocycles. The molecule has 18 heavy (non-hydrogen) atoms. The summed E-state index contributed by atoms with van der Waals surface area (Å²) in [5.74, 6) is 1.02. The third-order valence-electron chi connectivity index (χ3n) is 3.24. The Morgan fingerprint density at radius 2 is 2.17 bits per heavy atom. The molecule has 0 atom stereocenters. The van der Waals surface area contributed by atoms with Crippen molar-refractivity contribution in [2.75, 3.05) is 26.2 Å². The number of likely N-dealkylation sites (tertiary alicyclic amines) is 1. The quantitative estimate of drug-likeness (QED) is 0.819.